The molecule has 0 atom stereocenters. The van der Waals surface area contributed by atoms with Gasteiger partial charge < -0.3 is 5.32 Å². The molecule has 0 aliphatic carbocycles. The van der Waals surface area contributed by atoms with Crippen LogP contribution in [0.25, 0.3) is 0 Å². The molecule has 1 heterocycles. The number of rotatable bonds is 7. The highest BCUT2D eigenvalue weighted by Gasteiger charge is 2.17. The van der Waals surface area contributed by atoms with Gasteiger partial charge in [0.05, 0.1) is 11.3 Å². The van der Waals surface area contributed by atoms with Gasteiger partial charge in [-0.25, -0.2) is 0 Å². The van der Waals surface area contributed by atoms with Gasteiger partial charge in [-0.1, -0.05) is 6.92 Å². The highest BCUT2D eigenvalue weighted by molar-refractivity contribution is 7.99. The number of amides is 1. The molecule has 4 nitrogen and oxygen atoms in total. The lowest BCUT2D eigenvalue weighted by Gasteiger charge is -2.05. The molecule has 0 saturated heterocycles. The Balaban J connectivity index is 2.54. The van der Waals surface area contributed by atoms with Gasteiger partial charge in [-0.15, -0.1) is 0 Å². The van der Waals surface area contributed by atoms with E-state index >= 15 is 0 Å². The first-order valence-electron chi connectivity index (χ1n) is 6.51. The van der Waals surface area contributed by atoms with Gasteiger partial charge >= 0.3 is 0 Å². The summed E-state index contributed by atoms with van der Waals surface area (Å²) in [4.78, 5) is 12.1. The molecule has 0 aliphatic rings. The predicted molar refractivity (Wildman–Crippen MR) is 77.3 cm³/mol. The molecule has 1 amide bonds. The van der Waals surface area contributed by atoms with Gasteiger partial charge in [0.15, 0.2) is 0 Å². The Kier molecular flexibility index (Phi) is 6.25. The fourth-order valence-corrected chi connectivity index (χ4v) is 2.64. The van der Waals surface area contributed by atoms with E-state index in [-0.39, 0.29) is 5.91 Å². The molecule has 0 fully saturated rings. The molecule has 1 rings (SSSR count). The van der Waals surface area contributed by atoms with E-state index in [4.69, 9.17) is 0 Å². The van der Waals surface area contributed by atoms with E-state index in [1.807, 2.05) is 37.2 Å². The van der Waals surface area contributed by atoms with Crippen LogP contribution in [0.1, 0.15) is 42.0 Å². The zero-order valence-corrected chi connectivity index (χ0v) is 12.6. The lowest BCUT2D eigenvalue weighted by Crippen LogP contribution is -2.26. The molecule has 0 radical (unpaired) electrons. The number of hydrogen-bond acceptors (Lipinski definition) is 3. The molecule has 0 aliphatic heterocycles. The van der Waals surface area contributed by atoms with Crippen molar-refractivity contribution in [3.63, 3.8) is 0 Å². The first kappa shape index (κ1) is 15.1. The van der Waals surface area contributed by atoms with Crippen molar-refractivity contribution in [3.05, 3.63) is 17.0 Å². The molecule has 1 aromatic rings. The van der Waals surface area contributed by atoms with Gasteiger partial charge in [0, 0.05) is 24.5 Å². The fraction of sp³-hybridized carbons (Fsp3) is 0.692. The third kappa shape index (κ3) is 3.77. The first-order valence-corrected chi connectivity index (χ1v) is 7.67. The van der Waals surface area contributed by atoms with Crippen molar-refractivity contribution < 1.29 is 4.79 Å². The van der Waals surface area contributed by atoms with Crippen LogP contribution in [0.3, 0.4) is 0 Å². The maximum atomic E-state index is 12.1. The molecule has 5 heteroatoms. The second-order valence-electron chi connectivity index (χ2n) is 4.23. The van der Waals surface area contributed by atoms with Crippen molar-refractivity contribution in [3.8, 4) is 0 Å². The number of aryl methyl sites for hydroxylation is 2. The van der Waals surface area contributed by atoms with Crippen LogP contribution in [-0.2, 0) is 6.54 Å². The first-order chi connectivity index (χ1) is 8.61. The number of carbonyl (C=O) groups excluding carboxylic acids is 1. The van der Waals surface area contributed by atoms with Crippen molar-refractivity contribution in [1.82, 2.24) is 15.1 Å². The van der Waals surface area contributed by atoms with Crippen LogP contribution in [0.15, 0.2) is 0 Å². The number of nitrogens with zero attached hydrogens (tertiary/aromatic N) is 2. The normalized spacial score (nSPS) is 10.7. The van der Waals surface area contributed by atoms with Crippen molar-refractivity contribution in [1.29, 1.82) is 0 Å². The van der Waals surface area contributed by atoms with E-state index in [1.54, 1.807) is 0 Å². The summed E-state index contributed by atoms with van der Waals surface area (Å²) in [5.74, 6) is 2.13. The Morgan fingerprint density at radius 2 is 2.06 bits per heavy atom. The minimum absolute atomic E-state index is 0.00167. The highest BCUT2D eigenvalue weighted by Crippen LogP contribution is 2.12. The molecule has 0 bridgehead atoms. The van der Waals surface area contributed by atoms with E-state index in [1.165, 1.54) is 6.42 Å². The largest absolute Gasteiger partial charge is 0.351 e. The summed E-state index contributed by atoms with van der Waals surface area (Å²) in [6, 6.07) is 0. The molecule has 102 valence electrons. The zero-order chi connectivity index (χ0) is 13.5. The minimum atomic E-state index is 0.00167. The maximum Gasteiger partial charge on any atom is 0.255 e. The van der Waals surface area contributed by atoms with Crippen molar-refractivity contribution in [2.45, 2.75) is 40.7 Å². The summed E-state index contributed by atoms with van der Waals surface area (Å²) >= 11 is 1.87. The Morgan fingerprint density at radius 3 is 2.61 bits per heavy atom. The SMILES string of the molecule is CCCSCCNC(=O)c1c(C)nn(CC)c1C. The number of hydrogen-bond donors (Lipinski definition) is 1. The molecule has 1 aromatic heterocycles. The summed E-state index contributed by atoms with van der Waals surface area (Å²) < 4.78 is 1.87. The topological polar surface area (TPSA) is 46.9 Å². The number of nitrogens with one attached hydrogen (secondary N) is 1. The van der Waals surface area contributed by atoms with Crippen molar-refractivity contribution in [2.24, 2.45) is 0 Å². The molecule has 0 unspecified atom stereocenters. The Hall–Kier alpha value is -0.970. The van der Waals surface area contributed by atoms with E-state index < -0.39 is 0 Å². The summed E-state index contributed by atoms with van der Waals surface area (Å²) in [7, 11) is 0. The third-order valence-electron chi connectivity index (χ3n) is 2.79. The fourth-order valence-electron chi connectivity index (χ4n) is 1.90. The van der Waals surface area contributed by atoms with E-state index in [9.17, 15) is 4.79 Å². The minimum Gasteiger partial charge on any atom is -0.351 e. The zero-order valence-electron chi connectivity index (χ0n) is 11.7. The van der Waals surface area contributed by atoms with Gasteiger partial charge in [0.2, 0.25) is 0 Å². The van der Waals surface area contributed by atoms with Gasteiger partial charge in [-0.05, 0) is 32.9 Å². The Labute approximate surface area is 114 Å². The lowest BCUT2D eigenvalue weighted by molar-refractivity contribution is 0.0955. The second kappa shape index (κ2) is 7.46. The molecule has 0 aromatic carbocycles. The molecule has 18 heavy (non-hydrogen) atoms. The number of aromatic nitrogens is 2. The van der Waals surface area contributed by atoms with Crippen LogP contribution in [0.5, 0.6) is 0 Å². The number of carbonyl (C=O) groups is 1. The van der Waals surface area contributed by atoms with Crippen LogP contribution in [0.4, 0.5) is 0 Å². The van der Waals surface area contributed by atoms with Gasteiger partial charge in [-0.2, -0.15) is 16.9 Å². The van der Waals surface area contributed by atoms with Crippen molar-refractivity contribution >= 4 is 17.7 Å². The van der Waals surface area contributed by atoms with E-state index in [0.29, 0.717) is 0 Å². The van der Waals surface area contributed by atoms with E-state index in [0.717, 1.165) is 41.5 Å². The van der Waals surface area contributed by atoms with Crippen LogP contribution >= 0.6 is 11.8 Å². The van der Waals surface area contributed by atoms with Crippen LogP contribution < -0.4 is 5.32 Å². The predicted octanol–water partition coefficient (Wildman–Crippen LogP) is 2.39. The summed E-state index contributed by atoms with van der Waals surface area (Å²) in [5.41, 5.74) is 2.50. The van der Waals surface area contributed by atoms with Crippen molar-refractivity contribution in [2.75, 3.05) is 18.1 Å². The molecule has 0 spiro atoms. The number of thioether (sulfide) groups is 1. The smallest absolute Gasteiger partial charge is 0.255 e. The maximum absolute atomic E-state index is 12.1. The summed E-state index contributed by atoms with van der Waals surface area (Å²) in [6.07, 6.45) is 1.18. The second-order valence-corrected chi connectivity index (χ2v) is 5.45. The Morgan fingerprint density at radius 1 is 1.33 bits per heavy atom. The molecular weight excluding hydrogens is 246 g/mol. The van der Waals surface area contributed by atoms with E-state index in [2.05, 4.69) is 17.3 Å². The standard InChI is InChI=1S/C13H23N3OS/c1-5-8-18-9-7-14-13(17)12-10(3)15-16(6-2)11(12)4/h5-9H2,1-4H3,(H,14,17). The average Bonchev–Trinajstić information content (AvgIpc) is 2.63. The van der Waals surface area contributed by atoms with Gasteiger partial charge in [0.25, 0.3) is 5.91 Å². The highest BCUT2D eigenvalue weighted by atomic mass is 32.2. The third-order valence-corrected chi connectivity index (χ3v) is 3.98. The van der Waals surface area contributed by atoms with Crippen LogP contribution in [-0.4, -0.2) is 33.7 Å². The average molecular weight is 269 g/mol. The molecule has 0 saturated carbocycles. The summed E-state index contributed by atoms with van der Waals surface area (Å²) in [5, 5.41) is 7.32. The quantitative estimate of drug-likeness (QED) is 0.773. The molecular formula is C13H23N3OS. The van der Waals surface area contributed by atoms with Crippen LogP contribution in [0, 0.1) is 13.8 Å². The van der Waals surface area contributed by atoms with Gasteiger partial charge in [-0.3, -0.25) is 9.48 Å². The van der Waals surface area contributed by atoms with Gasteiger partial charge in [0.1, 0.15) is 0 Å². The monoisotopic (exact) mass is 269 g/mol. The van der Waals surface area contributed by atoms with Crippen LogP contribution in [0.2, 0.25) is 0 Å². The summed E-state index contributed by atoms with van der Waals surface area (Å²) in [6.45, 7) is 9.55. The lowest BCUT2D eigenvalue weighted by atomic mass is 10.2. The Bertz CT molecular complexity index is 401. The molecule has 1 N–H and O–H groups in total.